The Morgan fingerprint density at radius 3 is 2.70 bits per heavy atom. The monoisotopic (exact) mass is 283 g/mol. The molecule has 0 aromatic carbocycles. The summed E-state index contributed by atoms with van der Waals surface area (Å²) in [5.74, 6) is 0.605. The molecule has 1 saturated heterocycles. The molecule has 1 aliphatic rings. The summed E-state index contributed by atoms with van der Waals surface area (Å²) < 4.78 is 0. The molecular weight excluding hydrogens is 250 g/mol. The average molecular weight is 283 g/mol. The van der Waals surface area contributed by atoms with E-state index in [9.17, 15) is 4.79 Å². The predicted octanol–water partition coefficient (Wildman–Crippen LogP) is 2.13. The molecule has 118 valence electrons. The number of amides is 1. The van der Waals surface area contributed by atoms with Crippen molar-refractivity contribution in [3.8, 4) is 0 Å². The SMILES string of the molecule is CCCNC(C)(CC(C)N1CCC(CCC)C1)C(N)=O. The molecule has 0 aliphatic carbocycles. The van der Waals surface area contributed by atoms with Crippen LogP contribution in [0.4, 0.5) is 0 Å². The first kappa shape index (κ1) is 17.4. The minimum atomic E-state index is -0.585. The van der Waals surface area contributed by atoms with Gasteiger partial charge >= 0.3 is 0 Å². The normalized spacial score (nSPS) is 24.5. The summed E-state index contributed by atoms with van der Waals surface area (Å²) in [6.07, 6.45) is 5.70. The van der Waals surface area contributed by atoms with E-state index >= 15 is 0 Å². The van der Waals surface area contributed by atoms with Crippen LogP contribution in [0.5, 0.6) is 0 Å². The second-order valence-corrected chi connectivity index (χ2v) is 6.61. The lowest BCUT2D eigenvalue weighted by molar-refractivity contribution is -0.124. The highest BCUT2D eigenvalue weighted by atomic mass is 16.1. The highest BCUT2D eigenvalue weighted by Gasteiger charge is 2.35. The van der Waals surface area contributed by atoms with Crippen LogP contribution >= 0.6 is 0 Å². The van der Waals surface area contributed by atoms with Crippen LogP contribution in [-0.4, -0.2) is 42.0 Å². The van der Waals surface area contributed by atoms with E-state index in [4.69, 9.17) is 5.73 Å². The van der Waals surface area contributed by atoms with Gasteiger partial charge in [0.25, 0.3) is 0 Å². The Morgan fingerprint density at radius 1 is 1.45 bits per heavy atom. The van der Waals surface area contributed by atoms with Gasteiger partial charge in [0.2, 0.25) is 5.91 Å². The van der Waals surface area contributed by atoms with Crippen molar-refractivity contribution in [3.63, 3.8) is 0 Å². The van der Waals surface area contributed by atoms with Gasteiger partial charge in [-0.1, -0.05) is 20.3 Å². The Balaban J connectivity index is 2.54. The second kappa shape index (κ2) is 7.99. The van der Waals surface area contributed by atoms with E-state index in [0.29, 0.717) is 6.04 Å². The van der Waals surface area contributed by atoms with Crippen molar-refractivity contribution in [2.75, 3.05) is 19.6 Å². The van der Waals surface area contributed by atoms with Gasteiger partial charge < -0.3 is 16.0 Å². The quantitative estimate of drug-likeness (QED) is 0.681. The number of primary amides is 1. The Morgan fingerprint density at radius 2 is 2.15 bits per heavy atom. The molecule has 3 unspecified atom stereocenters. The summed E-state index contributed by atoms with van der Waals surface area (Å²) in [5, 5.41) is 3.33. The third-order valence-corrected chi connectivity index (χ3v) is 4.65. The van der Waals surface area contributed by atoms with Gasteiger partial charge in [0.05, 0.1) is 5.54 Å². The zero-order valence-electron chi connectivity index (χ0n) is 13.7. The van der Waals surface area contributed by atoms with E-state index in [1.165, 1.54) is 25.8 Å². The molecule has 1 rings (SSSR count). The molecule has 0 radical (unpaired) electrons. The summed E-state index contributed by atoms with van der Waals surface area (Å²) >= 11 is 0. The topological polar surface area (TPSA) is 58.4 Å². The maximum absolute atomic E-state index is 11.8. The Labute approximate surface area is 124 Å². The lowest BCUT2D eigenvalue weighted by atomic mass is 9.92. The van der Waals surface area contributed by atoms with Gasteiger partial charge in [-0.3, -0.25) is 4.79 Å². The van der Waals surface area contributed by atoms with Crippen molar-refractivity contribution in [3.05, 3.63) is 0 Å². The molecule has 3 N–H and O–H groups in total. The summed E-state index contributed by atoms with van der Waals surface area (Å²) in [7, 11) is 0. The van der Waals surface area contributed by atoms with Crippen LogP contribution in [0.3, 0.4) is 0 Å². The number of carbonyl (C=O) groups excluding carboxylic acids is 1. The lowest BCUT2D eigenvalue weighted by Gasteiger charge is -2.34. The fourth-order valence-corrected chi connectivity index (χ4v) is 3.29. The standard InChI is InChI=1S/C16H33N3O/c1-5-7-14-8-10-19(12-14)13(3)11-16(4,15(17)20)18-9-6-2/h13-14,18H,5-12H2,1-4H3,(H2,17,20). The third kappa shape index (κ3) is 4.74. The molecule has 0 aromatic rings. The molecule has 20 heavy (non-hydrogen) atoms. The maximum Gasteiger partial charge on any atom is 0.237 e. The van der Waals surface area contributed by atoms with E-state index in [2.05, 4.69) is 31.0 Å². The first-order valence-electron chi connectivity index (χ1n) is 8.22. The predicted molar refractivity (Wildman–Crippen MR) is 84.6 cm³/mol. The number of hydrogen-bond donors (Lipinski definition) is 2. The van der Waals surface area contributed by atoms with Gasteiger partial charge in [-0.2, -0.15) is 0 Å². The van der Waals surface area contributed by atoms with Gasteiger partial charge in [0, 0.05) is 12.6 Å². The van der Waals surface area contributed by atoms with Crippen LogP contribution in [0.25, 0.3) is 0 Å². The summed E-state index contributed by atoms with van der Waals surface area (Å²) in [6, 6.07) is 0.402. The fourth-order valence-electron chi connectivity index (χ4n) is 3.29. The number of rotatable bonds is 9. The minimum Gasteiger partial charge on any atom is -0.368 e. The highest BCUT2D eigenvalue weighted by Crippen LogP contribution is 2.25. The second-order valence-electron chi connectivity index (χ2n) is 6.61. The Kier molecular flexibility index (Phi) is 6.96. The first-order chi connectivity index (χ1) is 9.42. The van der Waals surface area contributed by atoms with Crippen molar-refractivity contribution in [1.82, 2.24) is 10.2 Å². The smallest absolute Gasteiger partial charge is 0.237 e. The number of carbonyl (C=O) groups is 1. The van der Waals surface area contributed by atoms with E-state index in [1.54, 1.807) is 0 Å². The van der Waals surface area contributed by atoms with Gasteiger partial charge in [-0.05, 0) is 58.5 Å². The number of nitrogens with two attached hydrogens (primary N) is 1. The van der Waals surface area contributed by atoms with E-state index in [-0.39, 0.29) is 5.91 Å². The van der Waals surface area contributed by atoms with Crippen LogP contribution in [0, 0.1) is 5.92 Å². The molecule has 0 spiro atoms. The molecule has 4 nitrogen and oxygen atoms in total. The Hall–Kier alpha value is -0.610. The molecule has 1 fully saturated rings. The third-order valence-electron chi connectivity index (χ3n) is 4.65. The zero-order chi connectivity index (χ0) is 15.2. The number of nitrogens with zero attached hydrogens (tertiary/aromatic N) is 1. The lowest BCUT2D eigenvalue weighted by Crippen LogP contribution is -2.56. The molecule has 1 aliphatic heterocycles. The molecule has 0 bridgehead atoms. The molecule has 1 heterocycles. The van der Waals surface area contributed by atoms with Gasteiger partial charge in [0.15, 0.2) is 0 Å². The first-order valence-corrected chi connectivity index (χ1v) is 8.22. The van der Waals surface area contributed by atoms with Crippen molar-refractivity contribution >= 4 is 5.91 Å². The van der Waals surface area contributed by atoms with Crippen LogP contribution in [0.1, 0.15) is 59.8 Å². The minimum absolute atomic E-state index is 0.234. The average Bonchev–Trinajstić information content (AvgIpc) is 2.85. The van der Waals surface area contributed by atoms with Crippen LogP contribution in [0.2, 0.25) is 0 Å². The van der Waals surface area contributed by atoms with Crippen molar-refractivity contribution < 1.29 is 4.79 Å². The molecular formula is C16H33N3O. The van der Waals surface area contributed by atoms with E-state index in [1.807, 2.05) is 6.92 Å². The maximum atomic E-state index is 11.8. The van der Waals surface area contributed by atoms with E-state index in [0.717, 1.165) is 31.8 Å². The Bertz CT molecular complexity index is 308. The largest absolute Gasteiger partial charge is 0.368 e. The van der Waals surface area contributed by atoms with Crippen LogP contribution in [0.15, 0.2) is 0 Å². The zero-order valence-corrected chi connectivity index (χ0v) is 13.7. The van der Waals surface area contributed by atoms with Crippen LogP contribution in [-0.2, 0) is 4.79 Å². The van der Waals surface area contributed by atoms with Gasteiger partial charge in [-0.15, -0.1) is 0 Å². The summed E-state index contributed by atoms with van der Waals surface area (Å²) in [5.41, 5.74) is 5.03. The number of nitrogens with one attached hydrogen (secondary N) is 1. The van der Waals surface area contributed by atoms with Crippen molar-refractivity contribution in [2.24, 2.45) is 11.7 Å². The summed E-state index contributed by atoms with van der Waals surface area (Å²) in [4.78, 5) is 14.3. The van der Waals surface area contributed by atoms with Crippen LogP contribution < -0.4 is 11.1 Å². The van der Waals surface area contributed by atoms with Crippen molar-refractivity contribution in [1.29, 1.82) is 0 Å². The van der Waals surface area contributed by atoms with Crippen molar-refractivity contribution in [2.45, 2.75) is 71.4 Å². The molecule has 4 heteroatoms. The molecule has 3 atom stereocenters. The fraction of sp³-hybridized carbons (Fsp3) is 0.938. The summed E-state index contributed by atoms with van der Waals surface area (Å²) in [6.45, 7) is 11.7. The number of likely N-dealkylation sites (tertiary alicyclic amines) is 1. The highest BCUT2D eigenvalue weighted by molar-refractivity contribution is 5.84. The van der Waals surface area contributed by atoms with E-state index < -0.39 is 5.54 Å². The molecule has 1 amide bonds. The molecule has 0 saturated carbocycles. The molecule has 0 aromatic heterocycles. The van der Waals surface area contributed by atoms with Gasteiger partial charge in [-0.25, -0.2) is 0 Å². The number of hydrogen-bond acceptors (Lipinski definition) is 3. The van der Waals surface area contributed by atoms with Gasteiger partial charge in [0.1, 0.15) is 0 Å².